The molecule has 0 bridgehead atoms. The third-order valence-corrected chi connectivity index (χ3v) is 14.1. The fraction of sp³-hybridized carbons (Fsp3) is 0. The summed E-state index contributed by atoms with van der Waals surface area (Å²) in [7, 11) is 0. The van der Waals surface area contributed by atoms with Crippen molar-refractivity contribution in [1.82, 2.24) is 29.9 Å². The molecule has 0 saturated heterocycles. The number of aromatic nitrogens is 6. The molecular weight excluding hydrogens is 957 g/mol. The maximum Gasteiger partial charge on any atom is 0.199 e. The fourth-order valence-corrected chi connectivity index (χ4v) is 10.3. The Morgan fingerprint density at radius 1 is 0.192 bits per heavy atom. The molecule has 4 aromatic heterocycles. The smallest absolute Gasteiger partial charge is 0.199 e. The molecule has 8 nitrogen and oxygen atoms in total. The Morgan fingerprint density at radius 3 is 1.03 bits per heavy atom. The number of rotatable bonds is 11. The summed E-state index contributed by atoms with van der Waals surface area (Å²) >= 11 is 0. The lowest BCUT2D eigenvalue weighted by Crippen LogP contribution is -2.01. The van der Waals surface area contributed by atoms with E-state index in [-0.39, 0.29) is 0 Å². The van der Waals surface area contributed by atoms with Gasteiger partial charge in [-0.2, -0.15) is 0 Å². The van der Waals surface area contributed by atoms with Gasteiger partial charge in [0.2, 0.25) is 0 Å². The van der Waals surface area contributed by atoms with Crippen LogP contribution in [-0.4, -0.2) is 29.9 Å². The number of nitrogens with zero attached hydrogens (tertiary/aromatic N) is 6. The van der Waals surface area contributed by atoms with Crippen molar-refractivity contribution in [3.05, 3.63) is 267 Å². The zero-order chi connectivity index (χ0) is 51.8. The molecule has 0 saturated carbocycles. The number of para-hydroxylation sites is 1. The van der Waals surface area contributed by atoms with Crippen LogP contribution in [-0.2, 0) is 0 Å². The number of hydrogen-bond donors (Lipinski definition) is 0. The Bertz CT molecular complexity index is 4360. The van der Waals surface area contributed by atoms with Gasteiger partial charge in [-0.25, -0.2) is 29.9 Å². The van der Waals surface area contributed by atoms with Crippen LogP contribution in [0.4, 0.5) is 0 Å². The summed E-state index contributed by atoms with van der Waals surface area (Å²) in [4.78, 5) is 31.1. The van der Waals surface area contributed by atoms with E-state index in [0.29, 0.717) is 52.0 Å². The first-order chi connectivity index (χ1) is 38.6. The first-order valence-corrected chi connectivity index (χ1v) is 25.8. The molecule has 366 valence electrons. The standard InChI is InChI=1S/C70H44N6O2/c1-5-21-45(22-6-1)53-30-14-17-33-57(53)66-71-65(72-69(74-66)63-43-50-29-13-20-36-61(50)77-63)52-39-40-56(60(41-52)48-27-11-4-12-28-48)49-37-38-51-44-64(78-62(51)42-49)70-75-67(58-34-18-15-31-54(58)46-23-7-2-8-24-46)73-68(76-70)59-35-19-16-32-55(59)47-25-9-3-10-26-47/h1-44H. The Hall–Kier alpha value is -10.7. The third-order valence-electron chi connectivity index (χ3n) is 14.1. The summed E-state index contributed by atoms with van der Waals surface area (Å²) in [5.74, 6) is 4.10. The predicted octanol–water partition coefficient (Wildman–Crippen LogP) is 17.9. The van der Waals surface area contributed by atoms with Crippen LogP contribution < -0.4 is 0 Å². The maximum absolute atomic E-state index is 6.85. The van der Waals surface area contributed by atoms with Crippen molar-refractivity contribution < 1.29 is 8.83 Å². The van der Waals surface area contributed by atoms with E-state index in [4.69, 9.17) is 38.7 Å². The normalized spacial score (nSPS) is 11.3. The molecule has 0 unspecified atom stereocenters. The van der Waals surface area contributed by atoms with Gasteiger partial charge in [0, 0.05) is 33.0 Å². The number of benzene rings is 10. The van der Waals surface area contributed by atoms with Gasteiger partial charge in [0.05, 0.1) is 0 Å². The monoisotopic (exact) mass is 1000 g/mol. The first kappa shape index (κ1) is 45.9. The van der Waals surface area contributed by atoms with Gasteiger partial charge in [-0.05, 0) is 86.0 Å². The lowest BCUT2D eigenvalue weighted by molar-refractivity contribution is 0.624. The minimum atomic E-state index is 0.429. The van der Waals surface area contributed by atoms with Crippen LogP contribution in [0.2, 0.25) is 0 Å². The molecule has 0 spiro atoms. The molecule has 0 radical (unpaired) electrons. The molecule has 0 N–H and O–H groups in total. The average molecular weight is 1000 g/mol. The summed E-state index contributed by atoms with van der Waals surface area (Å²) in [5, 5.41) is 1.88. The largest absolute Gasteiger partial charge is 0.453 e. The molecule has 78 heavy (non-hydrogen) atoms. The van der Waals surface area contributed by atoms with E-state index < -0.39 is 0 Å². The molecule has 14 rings (SSSR count). The third kappa shape index (κ3) is 8.79. The fourth-order valence-electron chi connectivity index (χ4n) is 10.3. The van der Waals surface area contributed by atoms with Gasteiger partial charge in [0.25, 0.3) is 0 Å². The van der Waals surface area contributed by atoms with Crippen LogP contribution in [0.5, 0.6) is 0 Å². The molecule has 10 aromatic carbocycles. The van der Waals surface area contributed by atoms with Gasteiger partial charge < -0.3 is 8.83 Å². The summed E-state index contributed by atoms with van der Waals surface area (Å²) < 4.78 is 13.3. The van der Waals surface area contributed by atoms with Crippen molar-refractivity contribution in [1.29, 1.82) is 0 Å². The van der Waals surface area contributed by atoms with Gasteiger partial charge in [-0.15, -0.1) is 0 Å². The molecule has 0 fully saturated rings. The van der Waals surface area contributed by atoms with Crippen molar-refractivity contribution >= 4 is 21.9 Å². The maximum atomic E-state index is 6.85. The molecule has 8 heteroatoms. The molecule has 4 heterocycles. The van der Waals surface area contributed by atoms with E-state index in [1.165, 1.54) is 0 Å². The highest BCUT2D eigenvalue weighted by molar-refractivity contribution is 5.93. The molecule has 0 amide bonds. The van der Waals surface area contributed by atoms with Crippen LogP contribution >= 0.6 is 0 Å². The van der Waals surface area contributed by atoms with E-state index in [0.717, 1.165) is 94.2 Å². The topological polar surface area (TPSA) is 104 Å². The van der Waals surface area contributed by atoms with Crippen molar-refractivity contribution in [2.75, 3.05) is 0 Å². The van der Waals surface area contributed by atoms with Crippen LogP contribution in [0.3, 0.4) is 0 Å². The minimum Gasteiger partial charge on any atom is -0.453 e. The van der Waals surface area contributed by atoms with Gasteiger partial charge in [-0.3, -0.25) is 0 Å². The lowest BCUT2D eigenvalue weighted by atomic mass is 9.92. The highest BCUT2D eigenvalue weighted by Crippen LogP contribution is 2.41. The van der Waals surface area contributed by atoms with Gasteiger partial charge >= 0.3 is 0 Å². The molecule has 0 aliphatic heterocycles. The van der Waals surface area contributed by atoms with Crippen molar-refractivity contribution in [3.63, 3.8) is 0 Å². The number of furan rings is 2. The van der Waals surface area contributed by atoms with E-state index in [1.807, 2.05) is 133 Å². The van der Waals surface area contributed by atoms with Crippen molar-refractivity contribution in [3.8, 4) is 124 Å². The first-order valence-electron chi connectivity index (χ1n) is 25.8. The summed E-state index contributed by atoms with van der Waals surface area (Å²) in [6.45, 7) is 0. The Morgan fingerprint density at radius 2 is 0.538 bits per heavy atom. The molecule has 0 aliphatic carbocycles. The Kier molecular flexibility index (Phi) is 11.7. The zero-order valence-corrected chi connectivity index (χ0v) is 41.9. The highest BCUT2D eigenvalue weighted by Gasteiger charge is 2.22. The van der Waals surface area contributed by atoms with E-state index in [1.54, 1.807) is 0 Å². The second kappa shape index (κ2) is 19.9. The van der Waals surface area contributed by atoms with Crippen LogP contribution in [0.25, 0.3) is 146 Å². The second-order valence-electron chi connectivity index (χ2n) is 19.0. The summed E-state index contributed by atoms with van der Waals surface area (Å²) in [6, 6.07) is 90.8. The van der Waals surface area contributed by atoms with Crippen LogP contribution in [0.1, 0.15) is 0 Å². The van der Waals surface area contributed by atoms with E-state index in [2.05, 4.69) is 133 Å². The Balaban J connectivity index is 0.897. The van der Waals surface area contributed by atoms with Crippen LogP contribution in [0, 0.1) is 0 Å². The summed E-state index contributed by atoms with van der Waals surface area (Å²) in [5.41, 5.74) is 15.2. The van der Waals surface area contributed by atoms with Crippen molar-refractivity contribution in [2.24, 2.45) is 0 Å². The lowest BCUT2D eigenvalue weighted by Gasteiger charge is -2.14. The quantitative estimate of drug-likeness (QED) is 0.126. The molecule has 0 aliphatic rings. The highest BCUT2D eigenvalue weighted by atomic mass is 16.3. The zero-order valence-electron chi connectivity index (χ0n) is 41.9. The molecular formula is C70H44N6O2. The van der Waals surface area contributed by atoms with Gasteiger partial charge in [0.15, 0.2) is 46.5 Å². The molecule has 14 aromatic rings. The van der Waals surface area contributed by atoms with Gasteiger partial charge in [0.1, 0.15) is 11.2 Å². The van der Waals surface area contributed by atoms with Crippen molar-refractivity contribution in [2.45, 2.75) is 0 Å². The average Bonchev–Trinajstić information content (AvgIpc) is 4.18. The SMILES string of the molecule is c1ccc(-c2cc(-c3nc(-c4cc5ccccc5o4)nc(-c4ccccc4-c4ccccc4)n3)ccc2-c2ccc3cc(-c4nc(-c5ccccc5-c5ccccc5)nc(-c5ccccc5-c5ccccc5)n4)oc3c2)cc1. The molecule has 0 atom stereocenters. The van der Waals surface area contributed by atoms with Crippen LogP contribution in [0.15, 0.2) is 276 Å². The number of hydrogen-bond acceptors (Lipinski definition) is 8. The second-order valence-corrected chi connectivity index (χ2v) is 19.0. The Labute approximate surface area is 449 Å². The summed E-state index contributed by atoms with van der Waals surface area (Å²) in [6.07, 6.45) is 0. The minimum absolute atomic E-state index is 0.429. The van der Waals surface area contributed by atoms with Gasteiger partial charge in [-0.1, -0.05) is 237 Å². The predicted molar refractivity (Wildman–Crippen MR) is 313 cm³/mol. The van der Waals surface area contributed by atoms with E-state index in [9.17, 15) is 0 Å². The number of fused-ring (bicyclic) bond motifs is 2. The van der Waals surface area contributed by atoms with E-state index >= 15 is 0 Å².